The average Bonchev–Trinajstić information content (AvgIpc) is 3.42. The standard InChI is InChI=1S/C22H22F2N4O4/c1-5-32-11-19-26-22(28(27-19)12-6-7-14(23)15(24)8-12)17-9-13-16(25-17)10-18(29-2)21(31-4)20(13)30-3/h6-10,25H,5,11H2,1-4H3. The van der Waals surface area contributed by atoms with Crippen LogP contribution in [-0.4, -0.2) is 47.7 Å². The number of H-pyrrole nitrogens is 1. The van der Waals surface area contributed by atoms with Crippen LogP contribution in [0.25, 0.3) is 28.1 Å². The lowest BCUT2D eigenvalue weighted by atomic mass is 10.2. The van der Waals surface area contributed by atoms with Gasteiger partial charge in [-0.3, -0.25) is 0 Å². The maximum absolute atomic E-state index is 13.9. The van der Waals surface area contributed by atoms with E-state index in [-0.39, 0.29) is 6.61 Å². The molecule has 0 fully saturated rings. The molecule has 0 unspecified atom stereocenters. The summed E-state index contributed by atoms with van der Waals surface area (Å²) in [5.74, 6) is 0.283. The van der Waals surface area contributed by atoms with Gasteiger partial charge in [0.25, 0.3) is 0 Å². The summed E-state index contributed by atoms with van der Waals surface area (Å²) in [4.78, 5) is 7.83. The van der Waals surface area contributed by atoms with E-state index in [9.17, 15) is 8.78 Å². The van der Waals surface area contributed by atoms with E-state index in [4.69, 9.17) is 18.9 Å². The molecule has 0 radical (unpaired) electrons. The number of halogens is 2. The molecule has 168 valence electrons. The van der Waals surface area contributed by atoms with Crippen LogP contribution in [0.1, 0.15) is 12.7 Å². The van der Waals surface area contributed by atoms with Crippen LogP contribution in [0.4, 0.5) is 8.78 Å². The molecule has 0 aliphatic rings. The molecule has 10 heteroatoms. The van der Waals surface area contributed by atoms with Gasteiger partial charge in [-0.05, 0) is 25.1 Å². The topological polar surface area (TPSA) is 83.4 Å². The highest BCUT2D eigenvalue weighted by Crippen LogP contribution is 2.44. The van der Waals surface area contributed by atoms with Crippen molar-refractivity contribution in [3.05, 3.63) is 47.8 Å². The monoisotopic (exact) mass is 444 g/mol. The third-order valence-electron chi connectivity index (χ3n) is 4.90. The number of aromatic nitrogens is 4. The first kappa shape index (κ1) is 21.6. The lowest BCUT2D eigenvalue weighted by molar-refractivity contribution is 0.128. The van der Waals surface area contributed by atoms with Gasteiger partial charge in [0.2, 0.25) is 5.75 Å². The molecule has 0 amide bonds. The Balaban J connectivity index is 1.91. The summed E-state index contributed by atoms with van der Waals surface area (Å²) in [6, 6.07) is 7.13. The Morgan fingerprint density at radius 1 is 0.969 bits per heavy atom. The molecule has 4 aromatic rings. The van der Waals surface area contributed by atoms with Crippen molar-refractivity contribution < 1.29 is 27.7 Å². The van der Waals surface area contributed by atoms with Crippen LogP contribution in [0.15, 0.2) is 30.3 Å². The summed E-state index contributed by atoms with van der Waals surface area (Å²) < 4.78 is 50.7. The summed E-state index contributed by atoms with van der Waals surface area (Å²) >= 11 is 0. The number of nitrogens with zero attached hydrogens (tertiary/aromatic N) is 3. The van der Waals surface area contributed by atoms with Crippen LogP contribution >= 0.6 is 0 Å². The van der Waals surface area contributed by atoms with E-state index in [1.807, 2.05) is 13.0 Å². The molecule has 0 spiro atoms. The number of hydrogen-bond acceptors (Lipinski definition) is 6. The van der Waals surface area contributed by atoms with E-state index in [1.54, 1.807) is 6.07 Å². The van der Waals surface area contributed by atoms with Gasteiger partial charge in [0.05, 0.1) is 38.2 Å². The lowest BCUT2D eigenvalue weighted by Crippen LogP contribution is -2.02. The summed E-state index contributed by atoms with van der Waals surface area (Å²) in [6.45, 7) is 2.52. The lowest BCUT2D eigenvalue weighted by Gasteiger charge is -2.12. The van der Waals surface area contributed by atoms with Crippen molar-refractivity contribution in [2.24, 2.45) is 0 Å². The SMILES string of the molecule is CCOCc1nc(-c2cc3c(OC)c(OC)c(OC)cc3[nH]2)n(-c2ccc(F)c(F)c2)n1. The van der Waals surface area contributed by atoms with Crippen molar-refractivity contribution in [3.8, 4) is 34.5 Å². The normalized spacial score (nSPS) is 11.2. The molecule has 4 rings (SSSR count). The van der Waals surface area contributed by atoms with Gasteiger partial charge in [-0.15, -0.1) is 5.10 Å². The Morgan fingerprint density at radius 3 is 2.41 bits per heavy atom. The molecular formula is C22H22F2N4O4. The highest BCUT2D eigenvalue weighted by Gasteiger charge is 2.21. The number of benzene rings is 2. The van der Waals surface area contributed by atoms with Crippen LogP contribution in [0.3, 0.4) is 0 Å². The van der Waals surface area contributed by atoms with Crippen molar-refractivity contribution in [2.75, 3.05) is 27.9 Å². The van der Waals surface area contributed by atoms with Crippen molar-refractivity contribution in [1.29, 1.82) is 0 Å². The quantitative estimate of drug-likeness (QED) is 0.437. The van der Waals surface area contributed by atoms with Gasteiger partial charge in [0.15, 0.2) is 34.8 Å². The molecule has 8 nitrogen and oxygen atoms in total. The Kier molecular flexibility index (Phi) is 5.95. The van der Waals surface area contributed by atoms with Crippen LogP contribution in [0, 0.1) is 11.6 Å². The van der Waals surface area contributed by atoms with Gasteiger partial charge in [0, 0.05) is 24.1 Å². The summed E-state index contributed by atoms with van der Waals surface area (Å²) in [7, 11) is 4.60. The smallest absolute Gasteiger partial charge is 0.204 e. The van der Waals surface area contributed by atoms with Crippen LogP contribution in [0.5, 0.6) is 17.2 Å². The molecular weight excluding hydrogens is 422 g/mol. The molecule has 2 heterocycles. The minimum absolute atomic E-state index is 0.172. The first-order valence-corrected chi connectivity index (χ1v) is 9.81. The second kappa shape index (κ2) is 8.83. The molecule has 0 saturated carbocycles. The van der Waals surface area contributed by atoms with Gasteiger partial charge in [-0.1, -0.05) is 0 Å². The zero-order valence-electron chi connectivity index (χ0n) is 18.0. The number of nitrogens with one attached hydrogen (secondary N) is 1. The van der Waals surface area contributed by atoms with Gasteiger partial charge < -0.3 is 23.9 Å². The van der Waals surface area contributed by atoms with Crippen LogP contribution < -0.4 is 14.2 Å². The molecule has 2 aromatic carbocycles. The predicted octanol–water partition coefficient (Wildman–Crippen LogP) is 4.26. The summed E-state index contributed by atoms with van der Waals surface area (Å²) in [5.41, 5.74) is 1.60. The van der Waals surface area contributed by atoms with E-state index < -0.39 is 11.6 Å². The fraction of sp³-hybridized carbons (Fsp3) is 0.273. The maximum atomic E-state index is 13.9. The summed E-state index contributed by atoms with van der Waals surface area (Å²) in [5, 5.41) is 5.16. The molecule has 1 N–H and O–H groups in total. The molecule has 0 aliphatic carbocycles. The second-order valence-corrected chi connectivity index (χ2v) is 6.79. The second-order valence-electron chi connectivity index (χ2n) is 6.79. The number of rotatable bonds is 8. The van der Waals surface area contributed by atoms with E-state index in [0.717, 1.165) is 17.5 Å². The predicted molar refractivity (Wildman–Crippen MR) is 114 cm³/mol. The Labute approximate surface area is 182 Å². The zero-order valence-corrected chi connectivity index (χ0v) is 18.0. The van der Waals surface area contributed by atoms with Crippen LogP contribution in [0.2, 0.25) is 0 Å². The van der Waals surface area contributed by atoms with Gasteiger partial charge in [-0.25, -0.2) is 18.4 Å². The van der Waals surface area contributed by atoms with Crippen LogP contribution in [-0.2, 0) is 11.3 Å². The summed E-state index contributed by atoms with van der Waals surface area (Å²) in [6.07, 6.45) is 0. The Hall–Kier alpha value is -3.66. The highest BCUT2D eigenvalue weighted by atomic mass is 19.2. The zero-order chi connectivity index (χ0) is 22.8. The molecule has 32 heavy (non-hydrogen) atoms. The molecule has 0 saturated heterocycles. The number of hydrogen-bond donors (Lipinski definition) is 1. The van der Waals surface area contributed by atoms with Gasteiger partial charge >= 0.3 is 0 Å². The number of fused-ring (bicyclic) bond motifs is 1. The minimum Gasteiger partial charge on any atom is -0.493 e. The highest BCUT2D eigenvalue weighted by molar-refractivity contribution is 5.94. The molecule has 0 bridgehead atoms. The molecule has 0 atom stereocenters. The third-order valence-corrected chi connectivity index (χ3v) is 4.90. The van der Waals surface area contributed by atoms with E-state index in [2.05, 4.69) is 15.1 Å². The average molecular weight is 444 g/mol. The first-order valence-electron chi connectivity index (χ1n) is 9.81. The number of ether oxygens (including phenoxy) is 4. The maximum Gasteiger partial charge on any atom is 0.204 e. The largest absolute Gasteiger partial charge is 0.493 e. The number of methoxy groups -OCH3 is 3. The van der Waals surface area contributed by atoms with Crippen molar-refractivity contribution in [1.82, 2.24) is 19.7 Å². The van der Waals surface area contributed by atoms with Gasteiger partial charge in [0.1, 0.15) is 6.61 Å². The van der Waals surface area contributed by atoms with Crippen molar-refractivity contribution in [3.63, 3.8) is 0 Å². The first-order chi connectivity index (χ1) is 15.5. The number of aromatic amines is 1. The van der Waals surface area contributed by atoms with Gasteiger partial charge in [-0.2, -0.15) is 0 Å². The van der Waals surface area contributed by atoms with Crippen molar-refractivity contribution >= 4 is 10.9 Å². The fourth-order valence-corrected chi connectivity index (χ4v) is 3.45. The molecule has 0 aliphatic heterocycles. The van der Waals surface area contributed by atoms with Crippen molar-refractivity contribution in [2.45, 2.75) is 13.5 Å². The van der Waals surface area contributed by atoms with E-state index >= 15 is 0 Å². The Morgan fingerprint density at radius 2 is 1.75 bits per heavy atom. The van der Waals surface area contributed by atoms with E-state index in [1.165, 1.54) is 32.1 Å². The third kappa shape index (κ3) is 3.73. The minimum atomic E-state index is -0.983. The fourth-order valence-electron chi connectivity index (χ4n) is 3.45. The Bertz CT molecular complexity index is 1270. The van der Waals surface area contributed by atoms with E-state index in [0.29, 0.717) is 52.4 Å². The molecule has 2 aromatic heterocycles.